The third-order valence-electron chi connectivity index (χ3n) is 9.31. The summed E-state index contributed by atoms with van der Waals surface area (Å²) in [7, 11) is -0.822. The molecule has 4 nitrogen and oxygen atoms in total. The Hall–Kier alpha value is -1.76. The second-order valence-corrected chi connectivity index (χ2v) is 17.6. The Morgan fingerprint density at radius 3 is 2.05 bits per heavy atom. The molecular weight excluding hydrogens is 512 g/mol. The molecule has 0 bridgehead atoms. The van der Waals surface area contributed by atoms with E-state index in [1.54, 1.807) is 7.11 Å². The lowest BCUT2D eigenvalue weighted by atomic mass is 9.90. The van der Waals surface area contributed by atoms with E-state index in [-0.39, 0.29) is 35.6 Å². The van der Waals surface area contributed by atoms with Gasteiger partial charge in [-0.2, -0.15) is 0 Å². The maximum absolute atomic E-state index is 7.25. The monoisotopic (exact) mass is 564 g/mol. The third-order valence-corrected chi connectivity index (χ3v) is 14.3. The first-order valence-corrected chi connectivity index (χ1v) is 17.2. The lowest BCUT2D eigenvalue weighted by Gasteiger charge is -2.45. The van der Waals surface area contributed by atoms with Crippen molar-refractivity contribution >= 4 is 18.7 Å². The van der Waals surface area contributed by atoms with E-state index in [1.807, 2.05) is 0 Å². The molecule has 2 saturated heterocycles. The maximum atomic E-state index is 7.25. The van der Waals surface area contributed by atoms with Gasteiger partial charge >= 0.3 is 0 Å². The highest BCUT2D eigenvalue weighted by Gasteiger charge is 2.50. The number of rotatable bonds is 10. The van der Waals surface area contributed by atoms with Crippen molar-refractivity contribution in [3.8, 4) is 0 Å². The molecule has 0 aliphatic carbocycles. The van der Waals surface area contributed by atoms with Crippen LogP contribution in [0.4, 0.5) is 0 Å². The molecule has 5 heteroatoms. The molecule has 0 amide bonds. The third kappa shape index (κ3) is 6.82. The first-order valence-electron chi connectivity index (χ1n) is 15.3. The fourth-order valence-electron chi connectivity index (χ4n) is 6.75. The van der Waals surface area contributed by atoms with Crippen molar-refractivity contribution in [2.24, 2.45) is 17.8 Å². The Kier molecular flexibility index (Phi) is 10.5. The van der Waals surface area contributed by atoms with Crippen LogP contribution in [-0.2, 0) is 18.6 Å². The number of hydrogen-bond donors (Lipinski definition) is 0. The second kappa shape index (κ2) is 13.5. The minimum atomic E-state index is -2.59. The maximum Gasteiger partial charge on any atom is 0.261 e. The zero-order chi connectivity index (χ0) is 28.9. The minimum Gasteiger partial charge on any atom is -0.405 e. The Morgan fingerprint density at radius 1 is 0.900 bits per heavy atom. The predicted octanol–water partition coefficient (Wildman–Crippen LogP) is 6.77. The average molecular weight is 565 g/mol. The van der Waals surface area contributed by atoms with E-state index in [2.05, 4.69) is 121 Å². The van der Waals surface area contributed by atoms with Gasteiger partial charge in [0.15, 0.2) is 0 Å². The summed E-state index contributed by atoms with van der Waals surface area (Å²) in [6, 6.07) is 21.8. The van der Waals surface area contributed by atoms with Crippen molar-refractivity contribution in [1.82, 2.24) is 0 Å². The van der Waals surface area contributed by atoms with Gasteiger partial charge in [-0.25, -0.2) is 0 Å². The van der Waals surface area contributed by atoms with Crippen molar-refractivity contribution in [3.05, 3.63) is 72.8 Å². The van der Waals surface area contributed by atoms with Crippen molar-refractivity contribution in [3.63, 3.8) is 0 Å². The molecule has 2 fully saturated rings. The van der Waals surface area contributed by atoms with Crippen LogP contribution in [0.25, 0.3) is 0 Å². The minimum absolute atomic E-state index is 0.0432. The van der Waals surface area contributed by atoms with E-state index in [0.717, 1.165) is 19.3 Å². The van der Waals surface area contributed by atoms with E-state index in [0.29, 0.717) is 24.4 Å². The number of hydrogen-bond acceptors (Lipinski definition) is 4. The summed E-state index contributed by atoms with van der Waals surface area (Å²) in [6.45, 7) is 16.6. The van der Waals surface area contributed by atoms with Crippen molar-refractivity contribution in [1.29, 1.82) is 0 Å². The summed E-state index contributed by atoms with van der Waals surface area (Å²) in [6.07, 6.45) is 8.54. The van der Waals surface area contributed by atoms with Gasteiger partial charge in [0.25, 0.3) is 8.32 Å². The van der Waals surface area contributed by atoms with E-state index in [4.69, 9.17) is 18.6 Å². The lowest BCUT2D eigenvalue weighted by molar-refractivity contribution is -0.0778. The molecule has 0 N–H and O–H groups in total. The summed E-state index contributed by atoms with van der Waals surface area (Å²) >= 11 is 0. The quantitative estimate of drug-likeness (QED) is 0.236. The standard InChI is InChI=1S/C35H52O4Si/c1-25-19-21-29(22-20-26(2)34-27(3)23-32(39-34)28(4)36-8)38-33(25)24-37-40(35(5,6)7,30-15-11-9-12-16-30)31-17-13-10-14-18-31/h9-18,20,22,25-29,32-34H,19,21,23-24H2,1-8H3/b22-20+/t25-,26+,27+,28+,29+,32-,33+,34+/m1/s1. The van der Waals surface area contributed by atoms with Crippen LogP contribution < -0.4 is 10.4 Å². The fraction of sp³-hybridized carbons (Fsp3) is 0.600. The lowest BCUT2D eigenvalue weighted by Crippen LogP contribution is -2.67. The highest BCUT2D eigenvalue weighted by atomic mass is 28.4. The topological polar surface area (TPSA) is 36.9 Å². The molecule has 2 heterocycles. The fourth-order valence-corrected chi connectivity index (χ4v) is 11.3. The van der Waals surface area contributed by atoms with Crippen LogP contribution in [0.5, 0.6) is 0 Å². The second-order valence-electron chi connectivity index (χ2n) is 13.3. The van der Waals surface area contributed by atoms with E-state index >= 15 is 0 Å². The van der Waals surface area contributed by atoms with E-state index in [1.165, 1.54) is 10.4 Å². The van der Waals surface area contributed by atoms with Crippen LogP contribution in [0.3, 0.4) is 0 Å². The van der Waals surface area contributed by atoms with Gasteiger partial charge in [-0.3, -0.25) is 0 Å². The van der Waals surface area contributed by atoms with Crippen molar-refractivity contribution in [2.45, 2.75) is 103 Å². The molecule has 2 aliphatic rings. The Morgan fingerprint density at radius 2 is 1.50 bits per heavy atom. The molecule has 0 saturated carbocycles. The first-order chi connectivity index (χ1) is 19.1. The van der Waals surface area contributed by atoms with Gasteiger partial charge in [0.1, 0.15) is 0 Å². The first kappa shape index (κ1) is 31.2. The Labute approximate surface area is 244 Å². The molecule has 220 valence electrons. The van der Waals surface area contributed by atoms with Gasteiger partial charge in [0.2, 0.25) is 0 Å². The van der Waals surface area contributed by atoms with Crippen LogP contribution in [-0.4, -0.2) is 52.6 Å². The summed E-state index contributed by atoms with van der Waals surface area (Å²) in [5.41, 5.74) is 0. The highest BCUT2D eigenvalue weighted by molar-refractivity contribution is 6.99. The summed E-state index contributed by atoms with van der Waals surface area (Å²) in [4.78, 5) is 0. The zero-order valence-electron chi connectivity index (χ0n) is 26.0. The van der Waals surface area contributed by atoms with E-state index < -0.39 is 8.32 Å². The Bertz CT molecular complexity index is 1030. The van der Waals surface area contributed by atoms with Crippen LogP contribution in [0.1, 0.15) is 67.7 Å². The van der Waals surface area contributed by atoms with Crippen molar-refractivity contribution < 1.29 is 18.6 Å². The molecule has 0 spiro atoms. The number of benzene rings is 2. The molecule has 0 aromatic heterocycles. The van der Waals surface area contributed by atoms with Crippen LogP contribution in [0.15, 0.2) is 72.8 Å². The molecule has 2 aromatic carbocycles. The molecule has 2 aliphatic heterocycles. The zero-order valence-corrected chi connectivity index (χ0v) is 27.0. The molecule has 4 rings (SSSR count). The average Bonchev–Trinajstić information content (AvgIpc) is 3.35. The number of ether oxygens (including phenoxy) is 3. The smallest absolute Gasteiger partial charge is 0.261 e. The summed E-state index contributed by atoms with van der Waals surface area (Å²) < 4.78 is 26.0. The van der Waals surface area contributed by atoms with Gasteiger partial charge in [0, 0.05) is 13.0 Å². The molecule has 0 radical (unpaired) electrons. The normalized spacial score (nSPS) is 29.5. The molecular formula is C35H52O4Si. The molecule has 0 unspecified atom stereocenters. The van der Waals surface area contributed by atoms with Gasteiger partial charge in [-0.05, 0) is 53.4 Å². The number of methoxy groups -OCH3 is 1. The Balaban J connectivity index is 1.48. The van der Waals surface area contributed by atoms with Crippen LogP contribution in [0.2, 0.25) is 5.04 Å². The predicted molar refractivity (Wildman–Crippen MR) is 168 cm³/mol. The highest BCUT2D eigenvalue weighted by Crippen LogP contribution is 2.38. The van der Waals surface area contributed by atoms with Crippen LogP contribution >= 0.6 is 0 Å². The SMILES string of the molecule is CO[C@@H](C)[C@H]1C[C@H](C)[C@H]([C@@H](C)/C=C/[C@@H]2CC[C@@H](C)[C@H](CO[Si](c3ccccc3)(c3ccccc3)C(C)(C)C)O2)O1. The van der Waals surface area contributed by atoms with Gasteiger partial charge in [0.05, 0.1) is 37.1 Å². The summed E-state index contributed by atoms with van der Waals surface area (Å²) in [5.74, 6) is 1.30. The van der Waals surface area contributed by atoms with Gasteiger partial charge < -0.3 is 18.6 Å². The summed E-state index contributed by atoms with van der Waals surface area (Å²) in [5, 5.41) is 2.59. The van der Waals surface area contributed by atoms with Gasteiger partial charge in [-0.1, -0.05) is 114 Å². The largest absolute Gasteiger partial charge is 0.405 e. The van der Waals surface area contributed by atoms with Crippen molar-refractivity contribution in [2.75, 3.05) is 13.7 Å². The molecule has 40 heavy (non-hydrogen) atoms. The van der Waals surface area contributed by atoms with Gasteiger partial charge in [-0.15, -0.1) is 0 Å². The van der Waals surface area contributed by atoms with Crippen LogP contribution in [0, 0.1) is 17.8 Å². The molecule has 2 aromatic rings. The van der Waals surface area contributed by atoms with E-state index in [9.17, 15) is 0 Å². The molecule has 8 atom stereocenters.